The van der Waals surface area contributed by atoms with Gasteiger partial charge in [-0.1, -0.05) is 15.9 Å². The number of nitrogens with zero attached hydrogens (tertiary/aromatic N) is 1. The summed E-state index contributed by atoms with van der Waals surface area (Å²) in [4.78, 5) is 2.29. The first-order valence-electron chi connectivity index (χ1n) is 5.51. The van der Waals surface area contributed by atoms with Gasteiger partial charge < -0.3 is 10.2 Å². The second-order valence-electron chi connectivity index (χ2n) is 4.28. The highest BCUT2D eigenvalue weighted by Crippen LogP contribution is 2.18. The Bertz CT molecular complexity index is 370. The standard InChI is InChI=1S/C12H16BrFN2/c1-16-5-4-15-8-11(16)7-9-6-10(13)2-3-12(9)14/h2-3,6,11,15H,4-5,7-8H2,1H3. The van der Waals surface area contributed by atoms with Crippen LogP contribution >= 0.6 is 15.9 Å². The smallest absolute Gasteiger partial charge is 0.126 e. The average Bonchev–Trinajstić information content (AvgIpc) is 2.27. The summed E-state index contributed by atoms with van der Waals surface area (Å²) in [6, 6.07) is 5.52. The lowest BCUT2D eigenvalue weighted by atomic mass is 10.0. The lowest BCUT2D eigenvalue weighted by Crippen LogP contribution is -2.50. The maximum absolute atomic E-state index is 13.6. The average molecular weight is 287 g/mol. The van der Waals surface area contributed by atoms with Crippen molar-refractivity contribution in [3.05, 3.63) is 34.1 Å². The largest absolute Gasteiger partial charge is 0.314 e. The number of hydrogen-bond donors (Lipinski definition) is 1. The number of piperazine rings is 1. The van der Waals surface area contributed by atoms with Crippen LogP contribution in [0.25, 0.3) is 0 Å². The molecule has 16 heavy (non-hydrogen) atoms. The van der Waals surface area contributed by atoms with E-state index in [9.17, 15) is 4.39 Å². The molecule has 0 saturated carbocycles. The van der Waals surface area contributed by atoms with Crippen molar-refractivity contribution in [3.63, 3.8) is 0 Å². The van der Waals surface area contributed by atoms with Gasteiger partial charge in [0.2, 0.25) is 0 Å². The molecule has 1 saturated heterocycles. The van der Waals surface area contributed by atoms with Gasteiger partial charge in [-0.2, -0.15) is 0 Å². The van der Waals surface area contributed by atoms with Crippen molar-refractivity contribution >= 4 is 15.9 Å². The van der Waals surface area contributed by atoms with Gasteiger partial charge in [0.25, 0.3) is 0 Å². The van der Waals surface area contributed by atoms with Gasteiger partial charge in [-0.25, -0.2) is 4.39 Å². The van der Waals surface area contributed by atoms with Crippen molar-refractivity contribution in [2.45, 2.75) is 12.5 Å². The summed E-state index contributed by atoms with van der Waals surface area (Å²) in [6.07, 6.45) is 0.759. The molecule has 0 radical (unpaired) electrons. The first-order chi connectivity index (χ1) is 7.66. The van der Waals surface area contributed by atoms with Gasteiger partial charge in [0.15, 0.2) is 0 Å². The van der Waals surface area contributed by atoms with E-state index in [0.29, 0.717) is 6.04 Å². The molecule has 1 aliphatic heterocycles. The molecule has 1 fully saturated rings. The molecule has 0 aliphatic carbocycles. The Morgan fingerprint density at radius 2 is 2.38 bits per heavy atom. The minimum atomic E-state index is -0.109. The monoisotopic (exact) mass is 286 g/mol. The summed E-state index contributed by atoms with van der Waals surface area (Å²) < 4.78 is 14.5. The van der Waals surface area contributed by atoms with Gasteiger partial charge >= 0.3 is 0 Å². The van der Waals surface area contributed by atoms with E-state index in [2.05, 4.69) is 33.2 Å². The van der Waals surface area contributed by atoms with E-state index >= 15 is 0 Å². The zero-order valence-corrected chi connectivity index (χ0v) is 10.9. The third-order valence-corrected chi connectivity index (χ3v) is 3.60. The number of nitrogens with one attached hydrogen (secondary N) is 1. The van der Waals surface area contributed by atoms with Crippen LogP contribution in [-0.4, -0.2) is 37.6 Å². The highest BCUT2D eigenvalue weighted by Gasteiger charge is 2.20. The minimum Gasteiger partial charge on any atom is -0.314 e. The molecular weight excluding hydrogens is 271 g/mol. The fourth-order valence-corrected chi connectivity index (χ4v) is 2.45. The summed E-state index contributed by atoms with van der Waals surface area (Å²) in [5.74, 6) is -0.109. The molecule has 0 bridgehead atoms. The van der Waals surface area contributed by atoms with Gasteiger partial charge in [-0.05, 0) is 37.2 Å². The molecule has 2 rings (SSSR count). The van der Waals surface area contributed by atoms with Crippen LogP contribution in [-0.2, 0) is 6.42 Å². The highest BCUT2D eigenvalue weighted by atomic mass is 79.9. The zero-order valence-electron chi connectivity index (χ0n) is 9.34. The molecule has 1 atom stereocenters. The minimum absolute atomic E-state index is 0.109. The van der Waals surface area contributed by atoms with Crippen LogP contribution in [0.15, 0.2) is 22.7 Å². The van der Waals surface area contributed by atoms with E-state index in [0.717, 1.165) is 36.1 Å². The van der Waals surface area contributed by atoms with Crippen LogP contribution in [0.2, 0.25) is 0 Å². The molecule has 1 aromatic carbocycles. The van der Waals surface area contributed by atoms with E-state index < -0.39 is 0 Å². The second kappa shape index (κ2) is 5.25. The Balaban J connectivity index is 2.10. The SMILES string of the molecule is CN1CCNCC1Cc1cc(Br)ccc1F. The summed E-state index contributed by atoms with van der Waals surface area (Å²) >= 11 is 3.38. The Labute approximate surface area is 104 Å². The molecule has 0 aromatic heterocycles. The van der Waals surface area contributed by atoms with E-state index in [-0.39, 0.29) is 5.82 Å². The molecule has 1 N–H and O–H groups in total. The van der Waals surface area contributed by atoms with Gasteiger partial charge in [-0.15, -0.1) is 0 Å². The maximum atomic E-state index is 13.6. The Hall–Kier alpha value is -0.450. The molecule has 4 heteroatoms. The third kappa shape index (κ3) is 2.81. The Morgan fingerprint density at radius 3 is 3.12 bits per heavy atom. The Morgan fingerprint density at radius 1 is 1.56 bits per heavy atom. The lowest BCUT2D eigenvalue weighted by molar-refractivity contribution is 0.198. The summed E-state index contributed by atoms with van der Waals surface area (Å²) in [7, 11) is 2.10. The lowest BCUT2D eigenvalue weighted by Gasteiger charge is -2.33. The molecule has 1 heterocycles. The topological polar surface area (TPSA) is 15.3 Å². The number of likely N-dealkylation sites (N-methyl/N-ethyl adjacent to an activating group) is 1. The van der Waals surface area contributed by atoms with Gasteiger partial charge in [-0.3, -0.25) is 0 Å². The van der Waals surface area contributed by atoms with E-state index in [1.807, 2.05) is 6.07 Å². The van der Waals surface area contributed by atoms with Crippen LogP contribution in [0.3, 0.4) is 0 Å². The molecule has 0 spiro atoms. The van der Waals surface area contributed by atoms with Crippen molar-refractivity contribution in [2.75, 3.05) is 26.7 Å². The molecular formula is C12H16BrFN2. The van der Waals surface area contributed by atoms with Crippen LogP contribution in [0.4, 0.5) is 4.39 Å². The summed E-state index contributed by atoms with van der Waals surface area (Å²) in [5, 5.41) is 3.34. The van der Waals surface area contributed by atoms with Crippen molar-refractivity contribution in [2.24, 2.45) is 0 Å². The first kappa shape index (κ1) is 12.0. The molecule has 1 aliphatic rings. The van der Waals surface area contributed by atoms with Crippen molar-refractivity contribution in [3.8, 4) is 0 Å². The predicted molar refractivity (Wildman–Crippen MR) is 67.1 cm³/mol. The van der Waals surface area contributed by atoms with Gasteiger partial charge in [0.1, 0.15) is 5.82 Å². The maximum Gasteiger partial charge on any atom is 0.126 e. The predicted octanol–water partition coefficient (Wildman–Crippen LogP) is 2.03. The third-order valence-electron chi connectivity index (χ3n) is 3.11. The van der Waals surface area contributed by atoms with Crippen LogP contribution in [0.5, 0.6) is 0 Å². The molecule has 88 valence electrons. The number of rotatable bonds is 2. The fourth-order valence-electron chi connectivity index (χ4n) is 2.04. The van der Waals surface area contributed by atoms with Gasteiger partial charge in [0.05, 0.1) is 0 Å². The fraction of sp³-hybridized carbons (Fsp3) is 0.500. The number of benzene rings is 1. The second-order valence-corrected chi connectivity index (χ2v) is 5.19. The molecule has 1 aromatic rings. The van der Waals surface area contributed by atoms with Crippen LogP contribution in [0.1, 0.15) is 5.56 Å². The molecule has 2 nitrogen and oxygen atoms in total. The molecule has 1 unspecified atom stereocenters. The zero-order chi connectivity index (χ0) is 11.5. The van der Waals surface area contributed by atoms with E-state index in [4.69, 9.17) is 0 Å². The summed E-state index contributed by atoms with van der Waals surface area (Å²) in [6.45, 7) is 2.98. The first-order valence-corrected chi connectivity index (χ1v) is 6.31. The van der Waals surface area contributed by atoms with E-state index in [1.165, 1.54) is 6.07 Å². The van der Waals surface area contributed by atoms with Crippen molar-refractivity contribution < 1.29 is 4.39 Å². The van der Waals surface area contributed by atoms with Crippen molar-refractivity contribution in [1.29, 1.82) is 0 Å². The van der Waals surface area contributed by atoms with Crippen molar-refractivity contribution in [1.82, 2.24) is 10.2 Å². The quantitative estimate of drug-likeness (QED) is 0.895. The van der Waals surface area contributed by atoms with E-state index in [1.54, 1.807) is 6.07 Å². The van der Waals surface area contributed by atoms with Crippen LogP contribution < -0.4 is 5.32 Å². The van der Waals surface area contributed by atoms with Gasteiger partial charge in [0, 0.05) is 30.1 Å². The summed E-state index contributed by atoms with van der Waals surface area (Å²) in [5.41, 5.74) is 0.787. The normalized spacial score (nSPS) is 22.3. The van der Waals surface area contributed by atoms with Crippen LogP contribution in [0, 0.1) is 5.82 Å². The molecule has 0 amide bonds. The Kier molecular flexibility index (Phi) is 3.95. The highest BCUT2D eigenvalue weighted by molar-refractivity contribution is 9.10. The number of halogens is 2. The number of hydrogen-bond acceptors (Lipinski definition) is 2.